The van der Waals surface area contributed by atoms with Crippen LogP contribution >= 0.6 is 0 Å². The van der Waals surface area contributed by atoms with Crippen molar-refractivity contribution in [1.82, 2.24) is 4.90 Å². The zero-order valence-electron chi connectivity index (χ0n) is 9.62. The minimum Gasteiger partial charge on any atom is -0.389 e. The van der Waals surface area contributed by atoms with Crippen LogP contribution in [0.3, 0.4) is 0 Å². The van der Waals surface area contributed by atoms with Crippen molar-refractivity contribution in [3.8, 4) is 0 Å². The van der Waals surface area contributed by atoms with Gasteiger partial charge in [-0.05, 0) is 5.56 Å². The van der Waals surface area contributed by atoms with Gasteiger partial charge in [-0.3, -0.25) is 9.69 Å². The smallest absolute Gasteiger partial charge is 0.151 e. The van der Waals surface area contributed by atoms with Gasteiger partial charge in [-0.15, -0.1) is 0 Å². The zero-order chi connectivity index (χ0) is 12.3. The van der Waals surface area contributed by atoms with Crippen LogP contribution in [0.5, 0.6) is 0 Å². The number of carbonyl (C=O) groups is 1. The number of aliphatic hydroxyl groups excluding tert-OH is 2. The molecule has 0 saturated carbocycles. The molecule has 0 bridgehead atoms. The van der Waals surface area contributed by atoms with Gasteiger partial charge in [-0.2, -0.15) is 0 Å². The van der Waals surface area contributed by atoms with Gasteiger partial charge >= 0.3 is 0 Å². The summed E-state index contributed by atoms with van der Waals surface area (Å²) in [5.74, 6) is 0.109. The normalized spacial score (nSPS) is 25.1. The Labute approximate surface area is 100 Å². The Bertz CT molecular complexity index is 370. The number of aliphatic hydroxyl groups is 2. The number of benzene rings is 1. The average molecular weight is 235 g/mol. The van der Waals surface area contributed by atoms with Gasteiger partial charge in [-0.1, -0.05) is 30.3 Å². The largest absolute Gasteiger partial charge is 0.389 e. The summed E-state index contributed by atoms with van der Waals surface area (Å²) in [5.41, 5.74) is 0.998. The summed E-state index contributed by atoms with van der Waals surface area (Å²) in [5, 5.41) is 18.7. The van der Waals surface area contributed by atoms with Crippen LogP contribution in [0, 0.1) is 0 Å². The Balaban J connectivity index is 1.82. The summed E-state index contributed by atoms with van der Waals surface area (Å²) in [6, 6.07) is 9.58. The summed E-state index contributed by atoms with van der Waals surface area (Å²) in [4.78, 5) is 13.6. The van der Waals surface area contributed by atoms with Gasteiger partial charge in [0.2, 0.25) is 0 Å². The summed E-state index contributed by atoms with van der Waals surface area (Å²) in [6.45, 7) is 1.05. The molecule has 1 aromatic carbocycles. The maximum Gasteiger partial charge on any atom is 0.151 e. The van der Waals surface area contributed by atoms with Crippen molar-refractivity contribution in [3.63, 3.8) is 0 Å². The molecule has 1 saturated heterocycles. The highest BCUT2D eigenvalue weighted by Crippen LogP contribution is 2.10. The number of hydrogen-bond acceptors (Lipinski definition) is 4. The van der Waals surface area contributed by atoms with Crippen molar-refractivity contribution in [1.29, 1.82) is 0 Å². The van der Waals surface area contributed by atoms with E-state index in [4.69, 9.17) is 0 Å². The molecule has 0 radical (unpaired) electrons. The molecule has 1 aliphatic rings. The predicted molar refractivity (Wildman–Crippen MR) is 63.6 cm³/mol. The van der Waals surface area contributed by atoms with Gasteiger partial charge in [0.15, 0.2) is 5.78 Å². The van der Waals surface area contributed by atoms with Crippen LogP contribution in [-0.2, 0) is 11.2 Å². The topological polar surface area (TPSA) is 60.8 Å². The van der Waals surface area contributed by atoms with Gasteiger partial charge in [0.25, 0.3) is 0 Å². The Morgan fingerprint density at radius 3 is 2.35 bits per heavy atom. The highest BCUT2D eigenvalue weighted by atomic mass is 16.3. The Kier molecular flexibility index (Phi) is 3.89. The molecule has 17 heavy (non-hydrogen) atoms. The van der Waals surface area contributed by atoms with E-state index in [1.54, 1.807) is 4.90 Å². The number of carbonyl (C=O) groups excluding carboxylic acids is 1. The van der Waals surface area contributed by atoms with E-state index in [2.05, 4.69) is 0 Å². The average Bonchev–Trinajstić information content (AvgIpc) is 2.59. The summed E-state index contributed by atoms with van der Waals surface area (Å²) in [6.07, 6.45) is -1.04. The van der Waals surface area contributed by atoms with E-state index < -0.39 is 12.2 Å². The minimum absolute atomic E-state index is 0.109. The molecular weight excluding hydrogens is 218 g/mol. The number of β-amino-alcohol motifs (C(OH)–C–C–N with tert-alkyl or cyclic N) is 2. The molecule has 4 heteroatoms. The van der Waals surface area contributed by atoms with Crippen LogP contribution in [0.4, 0.5) is 0 Å². The first-order valence-corrected chi connectivity index (χ1v) is 5.79. The molecule has 4 nitrogen and oxygen atoms in total. The van der Waals surface area contributed by atoms with E-state index in [-0.39, 0.29) is 5.78 Å². The fourth-order valence-electron chi connectivity index (χ4n) is 2.10. The maximum absolute atomic E-state index is 11.8. The second-order valence-electron chi connectivity index (χ2n) is 4.53. The molecule has 0 aromatic heterocycles. The van der Waals surface area contributed by atoms with E-state index >= 15 is 0 Å². The fraction of sp³-hybridized carbons (Fsp3) is 0.462. The van der Waals surface area contributed by atoms with Crippen LogP contribution in [-0.4, -0.2) is 52.7 Å². The second kappa shape index (κ2) is 5.40. The third kappa shape index (κ3) is 3.36. The molecule has 1 aliphatic heterocycles. The minimum atomic E-state index is -0.723. The molecule has 0 aliphatic carbocycles. The molecule has 1 fully saturated rings. The van der Waals surface area contributed by atoms with Gasteiger partial charge < -0.3 is 10.2 Å². The molecule has 2 unspecified atom stereocenters. The van der Waals surface area contributed by atoms with E-state index in [9.17, 15) is 15.0 Å². The zero-order valence-corrected chi connectivity index (χ0v) is 9.62. The second-order valence-corrected chi connectivity index (χ2v) is 4.53. The van der Waals surface area contributed by atoms with Crippen molar-refractivity contribution < 1.29 is 15.0 Å². The standard InChI is InChI=1S/C13H17NO3/c15-11(6-10-4-2-1-3-5-10)7-14-8-12(16)13(17)9-14/h1-5,12-13,16-17H,6-9H2. The molecule has 1 aromatic rings. The lowest BCUT2D eigenvalue weighted by atomic mass is 10.1. The van der Waals surface area contributed by atoms with Crippen LogP contribution in [0.1, 0.15) is 5.56 Å². The summed E-state index contributed by atoms with van der Waals surface area (Å²) >= 11 is 0. The molecule has 0 spiro atoms. The lowest BCUT2D eigenvalue weighted by Gasteiger charge is -2.13. The Hall–Kier alpha value is -1.23. The molecular formula is C13H17NO3. The van der Waals surface area contributed by atoms with E-state index in [1.165, 1.54) is 0 Å². The van der Waals surface area contributed by atoms with E-state index in [0.717, 1.165) is 5.56 Å². The number of likely N-dealkylation sites (tertiary alicyclic amines) is 1. The summed E-state index contributed by atoms with van der Waals surface area (Å²) in [7, 11) is 0. The Morgan fingerprint density at radius 2 is 1.76 bits per heavy atom. The molecule has 2 rings (SSSR count). The van der Waals surface area contributed by atoms with Gasteiger partial charge in [0.1, 0.15) is 0 Å². The highest BCUT2D eigenvalue weighted by molar-refractivity contribution is 5.82. The van der Waals surface area contributed by atoms with Gasteiger partial charge in [-0.25, -0.2) is 0 Å². The SMILES string of the molecule is O=C(Cc1ccccc1)CN1CC(O)C(O)C1. The third-order valence-corrected chi connectivity index (χ3v) is 2.98. The molecule has 92 valence electrons. The van der Waals surface area contributed by atoms with Crippen molar-refractivity contribution in [2.45, 2.75) is 18.6 Å². The van der Waals surface area contributed by atoms with Crippen LogP contribution in [0.2, 0.25) is 0 Å². The fourth-order valence-corrected chi connectivity index (χ4v) is 2.10. The van der Waals surface area contributed by atoms with Crippen molar-refractivity contribution in [2.24, 2.45) is 0 Å². The number of nitrogens with zero attached hydrogens (tertiary/aromatic N) is 1. The predicted octanol–water partition coefficient (Wildman–Crippen LogP) is -0.164. The van der Waals surface area contributed by atoms with Crippen LogP contribution < -0.4 is 0 Å². The third-order valence-electron chi connectivity index (χ3n) is 2.98. The quantitative estimate of drug-likeness (QED) is 0.761. The lowest BCUT2D eigenvalue weighted by molar-refractivity contribution is -0.119. The van der Waals surface area contributed by atoms with Gasteiger partial charge in [0, 0.05) is 19.5 Å². The molecule has 0 amide bonds. The van der Waals surface area contributed by atoms with Gasteiger partial charge in [0.05, 0.1) is 18.8 Å². The highest BCUT2D eigenvalue weighted by Gasteiger charge is 2.30. The van der Waals surface area contributed by atoms with Crippen LogP contribution in [0.15, 0.2) is 30.3 Å². The maximum atomic E-state index is 11.8. The van der Waals surface area contributed by atoms with E-state index in [0.29, 0.717) is 26.1 Å². The van der Waals surface area contributed by atoms with E-state index in [1.807, 2.05) is 30.3 Å². The first-order valence-electron chi connectivity index (χ1n) is 5.79. The van der Waals surface area contributed by atoms with Crippen molar-refractivity contribution in [2.75, 3.05) is 19.6 Å². The number of rotatable bonds is 4. The first kappa shape index (κ1) is 12.2. The lowest BCUT2D eigenvalue weighted by Crippen LogP contribution is -2.29. The Morgan fingerprint density at radius 1 is 1.18 bits per heavy atom. The number of Topliss-reactive ketones (excluding diaryl/α,β-unsaturated/α-hetero) is 1. The molecule has 2 N–H and O–H groups in total. The summed E-state index contributed by atoms with van der Waals surface area (Å²) < 4.78 is 0. The number of ketones is 1. The van der Waals surface area contributed by atoms with Crippen molar-refractivity contribution >= 4 is 5.78 Å². The van der Waals surface area contributed by atoms with Crippen molar-refractivity contribution in [3.05, 3.63) is 35.9 Å². The monoisotopic (exact) mass is 235 g/mol. The first-order chi connectivity index (χ1) is 8.15. The van der Waals surface area contributed by atoms with Crippen LogP contribution in [0.25, 0.3) is 0 Å². The molecule has 2 atom stereocenters. The molecule has 1 heterocycles. The number of hydrogen-bond donors (Lipinski definition) is 2.